The van der Waals surface area contributed by atoms with Crippen molar-refractivity contribution in [3.8, 4) is 11.5 Å². The molecule has 2 aromatic rings. The average Bonchev–Trinajstić information content (AvgIpc) is 2.78. The number of ether oxygens (including phenoxy) is 3. The van der Waals surface area contributed by atoms with Gasteiger partial charge in [0.05, 0.1) is 19.8 Å². The third-order valence-electron chi connectivity index (χ3n) is 4.84. The van der Waals surface area contributed by atoms with Crippen LogP contribution >= 0.6 is 0 Å². The molecule has 1 saturated heterocycles. The lowest BCUT2D eigenvalue weighted by molar-refractivity contribution is 0.0729. The number of amides is 1. The van der Waals surface area contributed by atoms with Crippen LogP contribution in [0.25, 0.3) is 0 Å². The number of hydrogen-bond donors (Lipinski definition) is 1. The molecule has 0 unspecified atom stereocenters. The van der Waals surface area contributed by atoms with E-state index < -0.39 is 32.7 Å². The van der Waals surface area contributed by atoms with E-state index in [1.807, 2.05) is 12.1 Å². The molecule has 1 atom stereocenters. The second-order valence-electron chi connectivity index (χ2n) is 6.87. The summed E-state index contributed by atoms with van der Waals surface area (Å²) < 4.78 is 57.5. The van der Waals surface area contributed by atoms with Gasteiger partial charge in [0.2, 0.25) is 10.0 Å². The first kappa shape index (κ1) is 20.6. The highest BCUT2D eigenvalue weighted by Crippen LogP contribution is 2.30. The Hall–Kier alpha value is -2.69. The highest BCUT2D eigenvalue weighted by Gasteiger charge is 2.30. The van der Waals surface area contributed by atoms with Crippen molar-refractivity contribution in [1.29, 1.82) is 0 Å². The Morgan fingerprint density at radius 1 is 1.13 bits per heavy atom. The van der Waals surface area contributed by atoms with Crippen LogP contribution in [0.5, 0.6) is 11.5 Å². The third kappa shape index (κ3) is 4.25. The van der Waals surface area contributed by atoms with Crippen molar-refractivity contribution in [1.82, 2.24) is 9.62 Å². The summed E-state index contributed by atoms with van der Waals surface area (Å²) in [5.41, 5.74) is 0.0420. The number of fused-ring (bicyclic) bond motifs is 1. The summed E-state index contributed by atoms with van der Waals surface area (Å²) >= 11 is 0. The molecule has 160 valence electrons. The van der Waals surface area contributed by atoms with Gasteiger partial charge in [-0.25, -0.2) is 12.8 Å². The highest BCUT2D eigenvalue weighted by molar-refractivity contribution is 7.89. The smallest absolute Gasteiger partial charge is 0.251 e. The van der Waals surface area contributed by atoms with Gasteiger partial charge in [0, 0.05) is 18.7 Å². The number of carbonyl (C=O) groups is 1. The quantitative estimate of drug-likeness (QED) is 0.762. The zero-order valence-electron chi connectivity index (χ0n) is 16.0. The number of sulfonamides is 1. The Morgan fingerprint density at radius 2 is 1.87 bits per heavy atom. The molecule has 2 aromatic carbocycles. The minimum Gasteiger partial charge on any atom is -0.486 e. The molecule has 0 bridgehead atoms. The predicted molar refractivity (Wildman–Crippen MR) is 105 cm³/mol. The summed E-state index contributed by atoms with van der Waals surface area (Å²) in [7, 11) is -4.06. The molecule has 4 rings (SSSR count). The monoisotopic (exact) mass is 436 g/mol. The van der Waals surface area contributed by atoms with E-state index in [-0.39, 0.29) is 45.0 Å². The summed E-state index contributed by atoms with van der Waals surface area (Å²) in [4.78, 5) is 12.0. The van der Waals surface area contributed by atoms with Crippen LogP contribution in [0, 0.1) is 5.82 Å². The number of carbonyl (C=O) groups excluding carboxylic acids is 1. The van der Waals surface area contributed by atoms with Crippen molar-refractivity contribution >= 4 is 15.9 Å². The maximum absolute atomic E-state index is 14.3. The van der Waals surface area contributed by atoms with E-state index in [0.29, 0.717) is 11.5 Å². The molecular weight excluding hydrogens is 415 g/mol. The largest absolute Gasteiger partial charge is 0.486 e. The molecule has 1 N–H and O–H groups in total. The van der Waals surface area contributed by atoms with Gasteiger partial charge >= 0.3 is 0 Å². The van der Waals surface area contributed by atoms with Crippen LogP contribution in [0.2, 0.25) is 0 Å². The Labute approximate surface area is 173 Å². The molecule has 30 heavy (non-hydrogen) atoms. The van der Waals surface area contributed by atoms with Crippen LogP contribution in [-0.2, 0) is 14.8 Å². The first-order valence-electron chi connectivity index (χ1n) is 9.49. The zero-order chi connectivity index (χ0) is 21.1. The number of hydrogen-bond acceptors (Lipinski definition) is 6. The summed E-state index contributed by atoms with van der Waals surface area (Å²) in [5.74, 6) is -0.213. The van der Waals surface area contributed by atoms with Gasteiger partial charge in [-0.05, 0) is 30.3 Å². The summed E-state index contributed by atoms with van der Waals surface area (Å²) in [6.45, 7) is 1.17. The topological polar surface area (TPSA) is 94.2 Å². The molecule has 0 aliphatic carbocycles. The van der Waals surface area contributed by atoms with Crippen molar-refractivity contribution in [2.24, 2.45) is 0 Å². The summed E-state index contributed by atoms with van der Waals surface area (Å²) in [6, 6.07) is 10.5. The van der Waals surface area contributed by atoms with Gasteiger partial charge < -0.3 is 19.5 Å². The number of nitrogens with zero attached hydrogens (tertiary/aromatic N) is 1. The van der Waals surface area contributed by atoms with Gasteiger partial charge in [0.25, 0.3) is 5.91 Å². The van der Waals surface area contributed by atoms with E-state index in [2.05, 4.69) is 5.32 Å². The maximum Gasteiger partial charge on any atom is 0.251 e. The second-order valence-corrected chi connectivity index (χ2v) is 8.78. The lowest BCUT2D eigenvalue weighted by atomic mass is 10.2. The number of benzene rings is 2. The van der Waals surface area contributed by atoms with Gasteiger partial charge in [0.1, 0.15) is 23.4 Å². The van der Waals surface area contributed by atoms with Crippen molar-refractivity contribution in [2.45, 2.75) is 11.0 Å². The number of nitrogens with one attached hydrogen (secondary N) is 1. The number of para-hydroxylation sites is 2. The van der Waals surface area contributed by atoms with E-state index in [1.165, 1.54) is 6.07 Å². The molecule has 1 fully saturated rings. The Bertz CT molecular complexity index is 1040. The molecule has 0 saturated carbocycles. The molecule has 8 nitrogen and oxygen atoms in total. The van der Waals surface area contributed by atoms with Crippen molar-refractivity contribution in [3.05, 3.63) is 53.8 Å². The number of rotatable bonds is 5. The van der Waals surface area contributed by atoms with E-state index >= 15 is 0 Å². The molecule has 10 heteroatoms. The molecule has 1 amide bonds. The minimum atomic E-state index is -4.06. The molecule has 0 aromatic heterocycles. The van der Waals surface area contributed by atoms with Crippen LogP contribution in [0.3, 0.4) is 0 Å². The van der Waals surface area contributed by atoms with Gasteiger partial charge in [-0.2, -0.15) is 4.31 Å². The third-order valence-corrected chi connectivity index (χ3v) is 6.75. The minimum absolute atomic E-state index is 0.0420. The second kappa shape index (κ2) is 8.58. The number of halogens is 1. The zero-order valence-corrected chi connectivity index (χ0v) is 16.9. The molecule has 2 heterocycles. The van der Waals surface area contributed by atoms with Crippen LogP contribution in [0.15, 0.2) is 47.4 Å². The first-order valence-corrected chi connectivity index (χ1v) is 10.9. The van der Waals surface area contributed by atoms with Gasteiger partial charge in [-0.1, -0.05) is 12.1 Å². The van der Waals surface area contributed by atoms with Crippen molar-refractivity contribution < 1.29 is 31.8 Å². The normalized spacial score (nSPS) is 19.3. The molecule has 0 radical (unpaired) electrons. The van der Waals surface area contributed by atoms with Gasteiger partial charge in [-0.15, -0.1) is 0 Å². The fourth-order valence-corrected chi connectivity index (χ4v) is 4.74. The van der Waals surface area contributed by atoms with E-state index in [1.54, 1.807) is 12.1 Å². The summed E-state index contributed by atoms with van der Waals surface area (Å²) in [6.07, 6.45) is -0.402. The van der Waals surface area contributed by atoms with Gasteiger partial charge in [0.15, 0.2) is 11.5 Å². The molecule has 2 aliphatic heterocycles. The fourth-order valence-electron chi connectivity index (χ4n) is 3.24. The van der Waals surface area contributed by atoms with E-state index in [0.717, 1.165) is 16.4 Å². The lowest BCUT2D eigenvalue weighted by Crippen LogP contribution is -2.41. The van der Waals surface area contributed by atoms with E-state index in [9.17, 15) is 17.6 Å². The average molecular weight is 436 g/mol. The first-order chi connectivity index (χ1) is 14.4. The fraction of sp³-hybridized carbons (Fsp3) is 0.350. The maximum atomic E-state index is 14.3. The molecule has 0 spiro atoms. The van der Waals surface area contributed by atoms with Crippen molar-refractivity contribution in [3.63, 3.8) is 0 Å². The van der Waals surface area contributed by atoms with Crippen LogP contribution in [0.4, 0.5) is 4.39 Å². The van der Waals surface area contributed by atoms with Crippen LogP contribution < -0.4 is 14.8 Å². The van der Waals surface area contributed by atoms with Crippen LogP contribution in [0.1, 0.15) is 10.4 Å². The molecular formula is C20H21FN2O6S. The van der Waals surface area contributed by atoms with E-state index in [4.69, 9.17) is 14.2 Å². The number of morpholine rings is 1. The van der Waals surface area contributed by atoms with Crippen LogP contribution in [-0.4, -0.2) is 64.2 Å². The predicted octanol–water partition coefficient (Wildman–Crippen LogP) is 1.42. The SMILES string of the molecule is O=C(NC[C@@H]1COc2ccccc2O1)c1ccc(F)c(S(=O)(=O)N2CCOCC2)c1. The standard InChI is InChI=1S/C20H21FN2O6S/c21-16-6-5-14(11-19(16)30(25,26)23-7-9-27-10-8-23)20(24)22-12-15-13-28-17-3-1-2-4-18(17)29-15/h1-6,11,15H,7-10,12-13H2,(H,22,24)/t15-/m1/s1. The molecule has 2 aliphatic rings. The Balaban J connectivity index is 1.44. The lowest BCUT2D eigenvalue weighted by Gasteiger charge is -2.27. The Kier molecular flexibility index (Phi) is 5.89. The highest BCUT2D eigenvalue weighted by atomic mass is 32.2. The summed E-state index contributed by atoms with van der Waals surface area (Å²) in [5, 5.41) is 2.68. The van der Waals surface area contributed by atoms with Gasteiger partial charge in [-0.3, -0.25) is 4.79 Å². The van der Waals surface area contributed by atoms with Crippen molar-refractivity contribution in [2.75, 3.05) is 39.5 Å². The Morgan fingerprint density at radius 3 is 2.63 bits per heavy atom.